The summed E-state index contributed by atoms with van der Waals surface area (Å²) in [7, 11) is -1.95. The summed E-state index contributed by atoms with van der Waals surface area (Å²) in [5.41, 5.74) is 2.61. The molecule has 4 atom stereocenters. The Morgan fingerprint density at radius 3 is 2.49 bits per heavy atom. The number of esters is 1. The quantitative estimate of drug-likeness (QED) is 0.0429. The van der Waals surface area contributed by atoms with Gasteiger partial charge in [0.15, 0.2) is 12.7 Å². The van der Waals surface area contributed by atoms with E-state index in [1.165, 1.54) is 12.1 Å². The molecule has 0 aliphatic carbocycles. The van der Waals surface area contributed by atoms with Crippen LogP contribution >= 0.6 is 23.1 Å². The summed E-state index contributed by atoms with van der Waals surface area (Å²) in [5, 5.41) is 11.0. The van der Waals surface area contributed by atoms with Crippen LogP contribution in [0.5, 0.6) is 0 Å². The molecule has 1 aromatic heterocycles. The van der Waals surface area contributed by atoms with Gasteiger partial charge in [-0.2, -0.15) is 0 Å². The first-order valence-corrected chi connectivity index (χ1v) is 19.8. The number of thiazole rings is 1. The minimum atomic E-state index is -1.95. The van der Waals surface area contributed by atoms with Crippen LogP contribution in [0.15, 0.2) is 76.3 Å². The van der Waals surface area contributed by atoms with Gasteiger partial charge in [-0.05, 0) is 60.5 Å². The van der Waals surface area contributed by atoms with Crippen LogP contribution < -0.4 is 0 Å². The number of fused-ring (bicyclic) bond motifs is 2. The van der Waals surface area contributed by atoms with Gasteiger partial charge in [-0.15, -0.1) is 11.3 Å². The van der Waals surface area contributed by atoms with Crippen LogP contribution in [0.4, 0.5) is 5.69 Å². The number of rotatable bonds is 14. The average Bonchev–Trinajstić information content (AvgIpc) is 3.57. The highest BCUT2D eigenvalue weighted by molar-refractivity contribution is 8.01. The van der Waals surface area contributed by atoms with Gasteiger partial charge in [0.05, 0.1) is 33.2 Å². The Morgan fingerprint density at radius 1 is 1.16 bits per heavy atom. The molecule has 0 N–H and O–H groups in total. The Kier molecular flexibility index (Phi) is 10.3. The van der Waals surface area contributed by atoms with Gasteiger partial charge in [-0.3, -0.25) is 14.9 Å². The molecule has 2 aliphatic heterocycles. The number of nitro groups is 1. The lowest BCUT2D eigenvalue weighted by Gasteiger charge is -2.49. The summed E-state index contributed by atoms with van der Waals surface area (Å²) < 4.78 is 14.5. The highest BCUT2D eigenvalue weighted by Gasteiger charge is 2.60. The lowest BCUT2D eigenvalue weighted by Crippen LogP contribution is -2.65. The van der Waals surface area contributed by atoms with Gasteiger partial charge in [0.25, 0.3) is 5.69 Å². The first-order chi connectivity index (χ1) is 21.6. The van der Waals surface area contributed by atoms with Gasteiger partial charge in [0.2, 0.25) is 5.91 Å². The molecule has 0 radical (unpaired) electrons. The van der Waals surface area contributed by atoms with Crippen molar-refractivity contribution in [1.29, 1.82) is 0 Å². The van der Waals surface area contributed by atoms with Gasteiger partial charge >= 0.3 is 5.97 Å². The summed E-state index contributed by atoms with van der Waals surface area (Å²) in [6.07, 6.45) is 3.72. The van der Waals surface area contributed by atoms with E-state index in [4.69, 9.17) is 14.1 Å². The predicted molar refractivity (Wildman–Crippen MR) is 180 cm³/mol. The summed E-state index contributed by atoms with van der Waals surface area (Å²) in [4.78, 5) is 44.2. The standard InChI is InChI=1S/C33H39N3O6S2Si/c1-6-45(7-2,8-3)42-22(5)28-29-21(4)25(12-11-19-43-33-34-26-13-9-10-14-27(26)44-33)30(35(29)31(28)37)32(38)41-20-23-15-17-24(18-16-23)36(39)40/h9-18,21-22,28-29H,6-8,19-20H2,1-5H3/b12-11+/t21-,22+,28+,29+/m0/s1. The van der Waals surface area contributed by atoms with Gasteiger partial charge in [-0.1, -0.05) is 63.7 Å². The molecule has 0 unspecified atom stereocenters. The van der Waals surface area contributed by atoms with Gasteiger partial charge in [0, 0.05) is 23.8 Å². The van der Waals surface area contributed by atoms with Crippen molar-refractivity contribution in [2.45, 2.75) is 75.8 Å². The number of amides is 1. The Balaban J connectivity index is 1.35. The smallest absolute Gasteiger partial charge is 0.355 e. The van der Waals surface area contributed by atoms with Crippen LogP contribution in [-0.4, -0.2) is 52.9 Å². The normalized spacial score (nSPS) is 20.5. The molecule has 3 heterocycles. The number of thioether (sulfide) groups is 1. The fraction of sp³-hybridized carbons (Fsp3) is 0.424. The molecule has 12 heteroatoms. The van der Waals surface area contributed by atoms with E-state index >= 15 is 0 Å². The fourth-order valence-corrected chi connectivity index (χ4v) is 11.2. The predicted octanol–water partition coefficient (Wildman–Crippen LogP) is 7.74. The van der Waals surface area contributed by atoms with E-state index < -0.39 is 19.2 Å². The number of non-ortho nitro benzene ring substituents is 1. The number of hydrogen-bond donors (Lipinski definition) is 0. The molecule has 5 rings (SSSR count). The number of nitrogens with zero attached hydrogens (tertiary/aromatic N) is 3. The number of β-lactam (4-membered cyclic amide) rings is 1. The first-order valence-electron chi connectivity index (χ1n) is 15.4. The second-order valence-electron chi connectivity index (χ2n) is 11.5. The largest absolute Gasteiger partial charge is 0.456 e. The molecule has 1 fully saturated rings. The molecule has 1 saturated heterocycles. The molecule has 238 valence electrons. The maximum Gasteiger partial charge on any atom is 0.355 e. The van der Waals surface area contributed by atoms with E-state index in [0.717, 1.165) is 38.3 Å². The summed E-state index contributed by atoms with van der Waals surface area (Å²) in [6.45, 7) is 10.5. The van der Waals surface area contributed by atoms with Crippen molar-refractivity contribution in [3.8, 4) is 0 Å². The van der Waals surface area contributed by atoms with Crippen molar-refractivity contribution in [2.75, 3.05) is 5.75 Å². The molecule has 2 aliphatic rings. The molecule has 2 aromatic carbocycles. The number of nitro benzene ring substituents is 1. The fourth-order valence-electron chi connectivity index (χ4n) is 6.40. The molecular weight excluding hydrogens is 627 g/mol. The van der Waals surface area contributed by atoms with Crippen LogP contribution in [0.1, 0.15) is 40.2 Å². The minimum absolute atomic E-state index is 0.0359. The molecule has 0 saturated carbocycles. The molecule has 0 spiro atoms. The van der Waals surface area contributed by atoms with Gasteiger partial charge in [0.1, 0.15) is 12.3 Å². The highest BCUT2D eigenvalue weighted by Crippen LogP contribution is 2.49. The number of allylic oxidation sites excluding steroid dienone is 1. The Labute approximate surface area is 273 Å². The van der Waals surface area contributed by atoms with Crippen molar-refractivity contribution in [1.82, 2.24) is 9.88 Å². The van der Waals surface area contributed by atoms with Crippen LogP contribution in [-0.2, 0) is 25.4 Å². The lowest BCUT2D eigenvalue weighted by atomic mass is 9.77. The molecule has 9 nitrogen and oxygen atoms in total. The van der Waals surface area contributed by atoms with Gasteiger partial charge in [-0.25, -0.2) is 9.78 Å². The number of hydrogen-bond acceptors (Lipinski definition) is 9. The third kappa shape index (κ3) is 6.65. The van der Waals surface area contributed by atoms with Crippen LogP contribution in [0, 0.1) is 22.0 Å². The molecule has 0 bridgehead atoms. The zero-order valence-electron chi connectivity index (χ0n) is 26.2. The second-order valence-corrected chi connectivity index (χ2v) is 18.6. The van der Waals surface area contributed by atoms with E-state index in [1.807, 2.05) is 37.3 Å². The lowest BCUT2D eigenvalue weighted by molar-refractivity contribution is -0.384. The van der Waals surface area contributed by atoms with Crippen molar-refractivity contribution in [3.05, 3.63) is 87.6 Å². The average molecular weight is 666 g/mol. The van der Waals surface area contributed by atoms with Crippen molar-refractivity contribution in [2.24, 2.45) is 11.8 Å². The maximum atomic E-state index is 13.7. The van der Waals surface area contributed by atoms with Crippen LogP contribution in [0.2, 0.25) is 18.1 Å². The van der Waals surface area contributed by atoms with Crippen molar-refractivity contribution in [3.63, 3.8) is 0 Å². The van der Waals surface area contributed by atoms with Crippen LogP contribution in [0.25, 0.3) is 10.2 Å². The molecule has 45 heavy (non-hydrogen) atoms. The topological polar surface area (TPSA) is 112 Å². The summed E-state index contributed by atoms with van der Waals surface area (Å²) in [5.74, 6) is -0.469. The Bertz CT molecular complexity index is 1590. The van der Waals surface area contributed by atoms with Crippen molar-refractivity contribution < 1.29 is 23.7 Å². The van der Waals surface area contributed by atoms with Gasteiger partial charge < -0.3 is 14.1 Å². The van der Waals surface area contributed by atoms with E-state index in [2.05, 4.69) is 33.8 Å². The minimum Gasteiger partial charge on any atom is -0.456 e. The second kappa shape index (κ2) is 14.0. The number of benzene rings is 2. The number of aromatic nitrogens is 1. The van der Waals surface area contributed by atoms with E-state index in [9.17, 15) is 19.7 Å². The van der Waals surface area contributed by atoms with E-state index in [-0.39, 0.29) is 47.9 Å². The summed E-state index contributed by atoms with van der Waals surface area (Å²) >= 11 is 3.27. The SMILES string of the molecule is CC[Si](CC)(CC)O[C@H](C)[C@H]1C(=O)N2C(C(=O)OCc3ccc([N+](=O)[O-])cc3)=C(/C=C/CSc3nc4ccccc4s3)[C@H](C)[C@H]12. The zero-order chi connectivity index (χ0) is 32.3. The van der Waals surface area contributed by atoms with E-state index in [0.29, 0.717) is 11.3 Å². The molecular formula is C33H39N3O6S2Si. The third-order valence-electron chi connectivity index (χ3n) is 9.17. The third-order valence-corrected chi connectivity index (χ3v) is 16.0. The zero-order valence-corrected chi connectivity index (χ0v) is 28.9. The monoisotopic (exact) mass is 665 g/mol. The van der Waals surface area contributed by atoms with Crippen LogP contribution in [0.3, 0.4) is 0 Å². The molecule has 1 amide bonds. The number of carbonyl (C=O) groups is 2. The van der Waals surface area contributed by atoms with Crippen molar-refractivity contribution >= 4 is 59.2 Å². The first kappa shape index (κ1) is 33.1. The summed E-state index contributed by atoms with van der Waals surface area (Å²) in [6, 6.07) is 16.7. The van der Waals surface area contributed by atoms with E-state index in [1.54, 1.807) is 40.1 Å². The maximum absolute atomic E-state index is 13.7. The highest BCUT2D eigenvalue weighted by atomic mass is 32.2. The number of para-hydroxylation sites is 1. The number of ether oxygens (including phenoxy) is 1. The number of carbonyl (C=O) groups excluding carboxylic acids is 2. The molecule has 3 aromatic rings. The Hall–Kier alpha value is -3.32. The Morgan fingerprint density at radius 2 is 1.84 bits per heavy atom.